The minimum absolute atomic E-state index is 0.196. The Morgan fingerprint density at radius 3 is 2.50 bits per heavy atom. The molecular weight excluding hydrogens is 278 g/mol. The molecule has 0 bridgehead atoms. The quantitative estimate of drug-likeness (QED) is 0.803. The first-order valence-corrected chi connectivity index (χ1v) is 6.87. The number of hydrogen-bond donors (Lipinski definition) is 2. The molecule has 1 unspecified atom stereocenters. The molecule has 4 nitrogen and oxygen atoms in total. The topological polar surface area (TPSA) is 66.4 Å². The maximum Gasteiger partial charge on any atom is 0.326 e. The molecule has 0 fully saturated rings. The Labute approximate surface area is 129 Å². The number of hydrogen-bond acceptors (Lipinski definition) is 2. The van der Waals surface area contributed by atoms with Gasteiger partial charge in [0.25, 0.3) is 0 Å². The van der Waals surface area contributed by atoms with Crippen molar-refractivity contribution in [3.63, 3.8) is 0 Å². The Bertz CT molecular complexity index is 651. The lowest BCUT2D eigenvalue weighted by atomic mass is 10.1. The van der Waals surface area contributed by atoms with E-state index >= 15 is 0 Å². The molecule has 0 aliphatic carbocycles. The summed E-state index contributed by atoms with van der Waals surface area (Å²) in [5.41, 5.74) is 1.61. The van der Waals surface area contributed by atoms with Crippen LogP contribution in [0.25, 0.3) is 6.08 Å². The molecule has 0 aliphatic heterocycles. The molecule has 1 radical (unpaired) electrons. The first kappa shape index (κ1) is 15.5. The van der Waals surface area contributed by atoms with Crippen molar-refractivity contribution in [2.75, 3.05) is 0 Å². The number of carbonyl (C=O) groups is 2. The van der Waals surface area contributed by atoms with E-state index in [1.165, 1.54) is 6.08 Å². The summed E-state index contributed by atoms with van der Waals surface area (Å²) in [5, 5.41) is 11.7. The minimum atomic E-state index is -1.07. The molecule has 0 heterocycles. The molecule has 1 amide bonds. The zero-order valence-electron chi connectivity index (χ0n) is 11.9. The molecule has 4 heteroatoms. The van der Waals surface area contributed by atoms with Gasteiger partial charge in [-0.2, -0.15) is 0 Å². The second-order valence-electron chi connectivity index (χ2n) is 4.74. The molecule has 111 valence electrons. The lowest BCUT2D eigenvalue weighted by Crippen LogP contribution is -2.41. The highest BCUT2D eigenvalue weighted by Crippen LogP contribution is 2.04. The van der Waals surface area contributed by atoms with Gasteiger partial charge in [0.15, 0.2) is 0 Å². The van der Waals surface area contributed by atoms with Crippen LogP contribution >= 0.6 is 0 Å². The van der Waals surface area contributed by atoms with E-state index in [1.54, 1.807) is 24.3 Å². The van der Waals surface area contributed by atoms with Crippen LogP contribution in [0.2, 0.25) is 0 Å². The van der Waals surface area contributed by atoms with Gasteiger partial charge in [-0.3, -0.25) is 4.79 Å². The van der Waals surface area contributed by atoms with Crippen LogP contribution in [0.1, 0.15) is 11.1 Å². The molecular formula is C18H16NO3. The monoisotopic (exact) mass is 294 g/mol. The molecule has 1 atom stereocenters. The molecule has 0 aliphatic rings. The number of aliphatic carboxylic acids is 1. The second-order valence-corrected chi connectivity index (χ2v) is 4.74. The molecule has 2 aromatic rings. The smallest absolute Gasteiger partial charge is 0.326 e. The highest BCUT2D eigenvalue weighted by atomic mass is 16.4. The van der Waals surface area contributed by atoms with Crippen molar-refractivity contribution in [1.29, 1.82) is 0 Å². The highest BCUT2D eigenvalue weighted by Gasteiger charge is 2.19. The van der Waals surface area contributed by atoms with E-state index in [0.29, 0.717) is 0 Å². The maximum absolute atomic E-state index is 11.8. The summed E-state index contributed by atoms with van der Waals surface area (Å²) in [5.74, 6) is -1.51. The number of amides is 1. The van der Waals surface area contributed by atoms with Crippen LogP contribution in [0.15, 0.2) is 60.7 Å². The van der Waals surface area contributed by atoms with Gasteiger partial charge in [-0.25, -0.2) is 4.79 Å². The van der Waals surface area contributed by atoms with Gasteiger partial charge in [0.1, 0.15) is 6.04 Å². The predicted molar refractivity (Wildman–Crippen MR) is 84.0 cm³/mol. The van der Waals surface area contributed by atoms with Crippen LogP contribution in [-0.4, -0.2) is 23.0 Å². The van der Waals surface area contributed by atoms with Crippen molar-refractivity contribution >= 4 is 18.0 Å². The SMILES string of the molecule is O=C(C=Cc1ccccc1)NC(Cc1[c]cccc1)C(=O)O. The Morgan fingerprint density at radius 2 is 1.86 bits per heavy atom. The standard InChI is InChI=1S/C18H16NO3/c20-17(12-11-14-7-3-1-4-8-14)19-16(18(21)22)13-15-9-5-2-6-10-15/h1-9,11-12,16H,13H2,(H,19,20)(H,21,22). The van der Waals surface area contributed by atoms with Gasteiger partial charge < -0.3 is 10.4 Å². The van der Waals surface area contributed by atoms with Crippen molar-refractivity contribution in [3.8, 4) is 0 Å². The number of carboxylic acids is 1. The third-order valence-corrected chi connectivity index (χ3v) is 3.04. The third-order valence-electron chi connectivity index (χ3n) is 3.04. The molecule has 22 heavy (non-hydrogen) atoms. The van der Waals surface area contributed by atoms with Crippen LogP contribution in [-0.2, 0) is 16.0 Å². The summed E-state index contributed by atoms with van der Waals surface area (Å²) in [4.78, 5) is 23.1. The average Bonchev–Trinajstić information content (AvgIpc) is 2.54. The summed E-state index contributed by atoms with van der Waals surface area (Å²) in [7, 11) is 0. The van der Waals surface area contributed by atoms with E-state index in [-0.39, 0.29) is 6.42 Å². The normalized spacial score (nSPS) is 12.0. The van der Waals surface area contributed by atoms with Crippen molar-refractivity contribution in [1.82, 2.24) is 5.32 Å². The molecule has 2 aromatic carbocycles. The molecule has 0 aromatic heterocycles. The first-order valence-electron chi connectivity index (χ1n) is 6.87. The van der Waals surface area contributed by atoms with Crippen LogP contribution in [0, 0.1) is 6.07 Å². The van der Waals surface area contributed by atoms with Gasteiger partial charge in [-0.05, 0) is 23.3 Å². The van der Waals surface area contributed by atoms with Gasteiger partial charge in [-0.1, -0.05) is 54.6 Å². The van der Waals surface area contributed by atoms with Gasteiger partial charge in [0.2, 0.25) is 5.91 Å². The van der Waals surface area contributed by atoms with E-state index in [9.17, 15) is 14.7 Å². The van der Waals surface area contributed by atoms with E-state index in [2.05, 4.69) is 11.4 Å². The first-order chi connectivity index (χ1) is 10.6. The zero-order chi connectivity index (χ0) is 15.8. The Kier molecular flexibility index (Phi) is 5.49. The predicted octanol–water partition coefficient (Wildman–Crippen LogP) is 2.31. The molecule has 0 saturated heterocycles. The van der Waals surface area contributed by atoms with Crippen molar-refractivity contribution < 1.29 is 14.7 Å². The Balaban J connectivity index is 1.97. The van der Waals surface area contributed by atoms with Gasteiger partial charge in [0, 0.05) is 12.5 Å². The van der Waals surface area contributed by atoms with Crippen LogP contribution in [0.3, 0.4) is 0 Å². The maximum atomic E-state index is 11.8. The van der Waals surface area contributed by atoms with Crippen molar-refractivity contribution in [2.24, 2.45) is 0 Å². The molecule has 0 spiro atoms. The summed E-state index contributed by atoms with van der Waals surface area (Å²) < 4.78 is 0. The van der Waals surface area contributed by atoms with Crippen LogP contribution < -0.4 is 5.32 Å². The fourth-order valence-electron chi connectivity index (χ4n) is 1.93. The largest absolute Gasteiger partial charge is 0.480 e. The average molecular weight is 294 g/mol. The lowest BCUT2D eigenvalue weighted by Gasteiger charge is -2.13. The summed E-state index contributed by atoms with van der Waals surface area (Å²) in [6, 6.07) is 18.4. The molecule has 0 saturated carbocycles. The Morgan fingerprint density at radius 1 is 1.14 bits per heavy atom. The van der Waals surface area contributed by atoms with Gasteiger partial charge in [0.05, 0.1) is 0 Å². The third kappa shape index (κ3) is 4.90. The minimum Gasteiger partial charge on any atom is -0.480 e. The lowest BCUT2D eigenvalue weighted by molar-refractivity contribution is -0.141. The number of carbonyl (C=O) groups excluding carboxylic acids is 1. The summed E-state index contributed by atoms with van der Waals surface area (Å²) in [6.45, 7) is 0. The summed E-state index contributed by atoms with van der Waals surface area (Å²) in [6.07, 6.45) is 3.17. The number of carboxylic acid groups (broad SMARTS) is 1. The zero-order valence-corrected chi connectivity index (χ0v) is 11.9. The van der Waals surface area contributed by atoms with Crippen LogP contribution in [0.4, 0.5) is 0 Å². The molecule has 2 rings (SSSR count). The van der Waals surface area contributed by atoms with Crippen molar-refractivity contribution in [2.45, 2.75) is 12.5 Å². The highest BCUT2D eigenvalue weighted by molar-refractivity contribution is 5.94. The number of nitrogens with one attached hydrogen (secondary N) is 1. The van der Waals surface area contributed by atoms with Gasteiger partial charge >= 0.3 is 5.97 Å². The summed E-state index contributed by atoms with van der Waals surface area (Å²) >= 11 is 0. The van der Waals surface area contributed by atoms with Gasteiger partial charge in [-0.15, -0.1) is 0 Å². The second kappa shape index (κ2) is 7.78. The Hall–Kier alpha value is -2.88. The van der Waals surface area contributed by atoms with E-state index in [0.717, 1.165) is 11.1 Å². The van der Waals surface area contributed by atoms with Crippen molar-refractivity contribution in [3.05, 3.63) is 77.9 Å². The number of rotatable bonds is 6. The van der Waals surface area contributed by atoms with Crippen LogP contribution in [0.5, 0.6) is 0 Å². The van der Waals surface area contributed by atoms with E-state index in [4.69, 9.17) is 0 Å². The van der Waals surface area contributed by atoms with E-state index < -0.39 is 17.9 Å². The fraction of sp³-hybridized carbons (Fsp3) is 0.111. The van der Waals surface area contributed by atoms with E-state index in [1.807, 2.05) is 36.4 Å². The fourth-order valence-corrected chi connectivity index (χ4v) is 1.93. The number of benzene rings is 2. The molecule has 2 N–H and O–H groups in total.